The molecule has 1 aliphatic carbocycles. The van der Waals surface area contributed by atoms with Crippen LogP contribution in [0.5, 0.6) is 0 Å². The Bertz CT molecular complexity index is 477. The van der Waals surface area contributed by atoms with Crippen molar-refractivity contribution >= 4 is 37.5 Å². The van der Waals surface area contributed by atoms with E-state index in [1.165, 1.54) is 11.3 Å². The SMILES string of the molecule is BrC1=CC2Nc3cc(Br)ccc3C2C=C1. The van der Waals surface area contributed by atoms with Gasteiger partial charge in [0.15, 0.2) is 0 Å². The van der Waals surface area contributed by atoms with E-state index in [-0.39, 0.29) is 0 Å². The lowest BCUT2D eigenvalue weighted by Crippen LogP contribution is -2.18. The van der Waals surface area contributed by atoms with E-state index < -0.39 is 0 Å². The topological polar surface area (TPSA) is 12.0 Å². The Balaban J connectivity index is 2.07. The second-order valence-electron chi connectivity index (χ2n) is 3.84. The third kappa shape index (κ3) is 1.58. The third-order valence-electron chi connectivity index (χ3n) is 2.89. The molecule has 2 unspecified atom stereocenters. The average molecular weight is 327 g/mol. The van der Waals surface area contributed by atoms with Crippen LogP contribution in [0.3, 0.4) is 0 Å². The van der Waals surface area contributed by atoms with Gasteiger partial charge in [-0.25, -0.2) is 0 Å². The fourth-order valence-electron chi connectivity index (χ4n) is 2.20. The number of allylic oxidation sites excluding steroid dienone is 2. The molecule has 0 amide bonds. The van der Waals surface area contributed by atoms with Crippen molar-refractivity contribution < 1.29 is 0 Å². The lowest BCUT2D eigenvalue weighted by molar-refractivity contribution is 0.804. The molecule has 76 valence electrons. The Morgan fingerprint density at radius 2 is 2.07 bits per heavy atom. The van der Waals surface area contributed by atoms with Crippen molar-refractivity contribution in [2.24, 2.45) is 0 Å². The lowest BCUT2D eigenvalue weighted by atomic mass is 9.92. The van der Waals surface area contributed by atoms with Gasteiger partial charge in [0.2, 0.25) is 0 Å². The van der Waals surface area contributed by atoms with Crippen LogP contribution in [0.1, 0.15) is 11.5 Å². The minimum Gasteiger partial charge on any atom is -0.378 e. The van der Waals surface area contributed by atoms with Crippen molar-refractivity contribution in [1.29, 1.82) is 0 Å². The van der Waals surface area contributed by atoms with Gasteiger partial charge in [0, 0.05) is 20.6 Å². The Hall–Kier alpha value is -0.540. The molecule has 0 fully saturated rings. The Labute approximate surface area is 106 Å². The summed E-state index contributed by atoms with van der Waals surface area (Å²) in [7, 11) is 0. The summed E-state index contributed by atoms with van der Waals surface area (Å²) in [6.45, 7) is 0. The van der Waals surface area contributed by atoms with E-state index in [0.29, 0.717) is 12.0 Å². The van der Waals surface area contributed by atoms with Crippen LogP contribution in [0.4, 0.5) is 5.69 Å². The number of fused-ring (bicyclic) bond motifs is 3. The molecule has 3 heteroatoms. The second kappa shape index (κ2) is 3.49. The number of rotatable bonds is 0. The first-order chi connectivity index (χ1) is 7.24. The van der Waals surface area contributed by atoms with Crippen molar-refractivity contribution in [3.8, 4) is 0 Å². The van der Waals surface area contributed by atoms with Crippen LogP contribution in [0.2, 0.25) is 0 Å². The maximum Gasteiger partial charge on any atom is 0.0562 e. The molecule has 2 aliphatic rings. The molecule has 0 spiro atoms. The smallest absolute Gasteiger partial charge is 0.0562 e. The summed E-state index contributed by atoms with van der Waals surface area (Å²) < 4.78 is 2.28. The summed E-state index contributed by atoms with van der Waals surface area (Å²) in [6.07, 6.45) is 6.60. The molecule has 0 aromatic heterocycles. The standard InChI is InChI=1S/C12H9Br2N/c13-7-1-3-9-10-4-2-8(14)6-12(10)15-11(9)5-7/h1-6,9,11,15H. The summed E-state index contributed by atoms with van der Waals surface area (Å²) in [5, 5.41) is 3.52. The number of anilines is 1. The number of hydrogen-bond donors (Lipinski definition) is 1. The summed E-state index contributed by atoms with van der Waals surface area (Å²) >= 11 is 7.00. The zero-order chi connectivity index (χ0) is 10.4. The van der Waals surface area contributed by atoms with Crippen LogP contribution in [0, 0.1) is 0 Å². The summed E-state index contributed by atoms with van der Waals surface area (Å²) in [5.41, 5.74) is 2.62. The average Bonchev–Trinajstić information content (AvgIpc) is 2.53. The molecule has 0 radical (unpaired) electrons. The fraction of sp³-hybridized carbons (Fsp3) is 0.167. The van der Waals surface area contributed by atoms with E-state index in [1.54, 1.807) is 0 Å². The molecule has 1 aliphatic heterocycles. The quantitative estimate of drug-likeness (QED) is 0.754. The minimum absolute atomic E-state index is 0.397. The van der Waals surface area contributed by atoms with Crippen molar-refractivity contribution in [2.75, 3.05) is 5.32 Å². The Morgan fingerprint density at radius 1 is 1.20 bits per heavy atom. The first-order valence-electron chi connectivity index (χ1n) is 4.85. The molecule has 1 aromatic rings. The maximum atomic E-state index is 3.52. The number of hydrogen-bond acceptors (Lipinski definition) is 1. The molecule has 0 saturated heterocycles. The van der Waals surface area contributed by atoms with Crippen LogP contribution in [-0.4, -0.2) is 6.04 Å². The summed E-state index contributed by atoms with van der Waals surface area (Å²) in [5.74, 6) is 0.481. The number of nitrogens with one attached hydrogen (secondary N) is 1. The monoisotopic (exact) mass is 325 g/mol. The fourth-order valence-corrected chi connectivity index (χ4v) is 3.00. The predicted molar refractivity (Wildman–Crippen MR) is 70.4 cm³/mol. The van der Waals surface area contributed by atoms with E-state index in [9.17, 15) is 0 Å². The van der Waals surface area contributed by atoms with E-state index in [1.807, 2.05) is 0 Å². The van der Waals surface area contributed by atoms with E-state index in [0.717, 1.165) is 8.96 Å². The van der Waals surface area contributed by atoms with Crippen LogP contribution in [-0.2, 0) is 0 Å². The molecular weight excluding hydrogens is 318 g/mol. The van der Waals surface area contributed by atoms with Gasteiger partial charge in [0.05, 0.1) is 6.04 Å². The van der Waals surface area contributed by atoms with Gasteiger partial charge in [0.25, 0.3) is 0 Å². The van der Waals surface area contributed by atoms with Gasteiger partial charge in [-0.3, -0.25) is 0 Å². The van der Waals surface area contributed by atoms with E-state index >= 15 is 0 Å². The zero-order valence-corrected chi connectivity index (χ0v) is 11.0. The van der Waals surface area contributed by atoms with Gasteiger partial charge < -0.3 is 5.32 Å². The maximum absolute atomic E-state index is 3.52. The molecular formula is C12H9Br2N. The number of halogens is 2. The summed E-state index contributed by atoms with van der Waals surface area (Å²) in [6, 6.07) is 6.83. The van der Waals surface area contributed by atoms with Gasteiger partial charge >= 0.3 is 0 Å². The second-order valence-corrected chi connectivity index (χ2v) is 5.67. The van der Waals surface area contributed by atoms with Crippen LogP contribution in [0.25, 0.3) is 0 Å². The van der Waals surface area contributed by atoms with Crippen LogP contribution < -0.4 is 5.32 Å². The lowest BCUT2D eigenvalue weighted by Gasteiger charge is -2.17. The van der Waals surface area contributed by atoms with E-state index in [4.69, 9.17) is 0 Å². The van der Waals surface area contributed by atoms with Crippen molar-refractivity contribution in [3.05, 3.63) is 50.9 Å². The van der Waals surface area contributed by atoms with Crippen LogP contribution >= 0.6 is 31.9 Å². The molecule has 1 aromatic carbocycles. The Kier molecular flexibility index (Phi) is 2.25. The minimum atomic E-state index is 0.397. The van der Waals surface area contributed by atoms with Crippen molar-refractivity contribution in [2.45, 2.75) is 12.0 Å². The highest BCUT2D eigenvalue weighted by molar-refractivity contribution is 9.12. The highest BCUT2D eigenvalue weighted by atomic mass is 79.9. The van der Waals surface area contributed by atoms with E-state index in [2.05, 4.69) is 73.6 Å². The normalized spacial score (nSPS) is 26.7. The molecule has 0 bridgehead atoms. The molecule has 2 atom stereocenters. The van der Waals surface area contributed by atoms with Gasteiger partial charge in [-0.1, -0.05) is 50.1 Å². The predicted octanol–water partition coefficient (Wildman–Crippen LogP) is 4.18. The van der Waals surface area contributed by atoms with Crippen molar-refractivity contribution in [1.82, 2.24) is 0 Å². The molecule has 1 heterocycles. The van der Waals surface area contributed by atoms with Gasteiger partial charge in [-0.2, -0.15) is 0 Å². The van der Waals surface area contributed by atoms with Gasteiger partial charge in [-0.15, -0.1) is 0 Å². The zero-order valence-electron chi connectivity index (χ0n) is 7.87. The summed E-state index contributed by atoms with van der Waals surface area (Å²) in [4.78, 5) is 0. The van der Waals surface area contributed by atoms with Gasteiger partial charge in [-0.05, 0) is 23.8 Å². The highest BCUT2D eigenvalue weighted by Gasteiger charge is 2.30. The first-order valence-corrected chi connectivity index (χ1v) is 6.44. The molecule has 3 rings (SSSR count). The largest absolute Gasteiger partial charge is 0.378 e. The number of benzene rings is 1. The van der Waals surface area contributed by atoms with Crippen LogP contribution in [0.15, 0.2) is 45.4 Å². The third-order valence-corrected chi connectivity index (χ3v) is 3.91. The first kappa shape index (κ1) is 9.67. The Morgan fingerprint density at radius 3 is 2.93 bits per heavy atom. The molecule has 0 saturated carbocycles. The van der Waals surface area contributed by atoms with Gasteiger partial charge in [0.1, 0.15) is 0 Å². The van der Waals surface area contributed by atoms with Crippen molar-refractivity contribution in [3.63, 3.8) is 0 Å². The highest BCUT2D eigenvalue weighted by Crippen LogP contribution is 2.41. The molecule has 1 N–H and O–H groups in total. The molecule has 1 nitrogen and oxygen atoms in total. The molecule has 15 heavy (non-hydrogen) atoms.